The van der Waals surface area contributed by atoms with Gasteiger partial charge >= 0.3 is 0 Å². The van der Waals surface area contributed by atoms with Crippen LogP contribution >= 0.6 is 27.7 Å². The molecular weight excluding hydrogens is 488 g/mol. The van der Waals surface area contributed by atoms with Gasteiger partial charge in [0.1, 0.15) is 12.4 Å². The van der Waals surface area contributed by atoms with Crippen molar-refractivity contribution >= 4 is 39.3 Å². The van der Waals surface area contributed by atoms with Gasteiger partial charge in [0.05, 0.1) is 5.75 Å². The molecule has 0 fully saturated rings. The van der Waals surface area contributed by atoms with Crippen LogP contribution in [0.15, 0.2) is 64.7 Å². The third-order valence-electron chi connectivity index (χ3n) is 4.70. The fourth-order valence-corrected chi connectivity index (χ4v) is 4.28. The Bertz CT molecular complexity index is 1100. The van der Waals surface area contributed by atoms with E-state index in [0.717, 1.165) is 27.0 Å². The van der Waals surface area contributed by atoms with E-state index < -0.39 is 0 Å². The van der Waals surface area contributed by atoms with Gasteiger partial charge < -0.3 is 10.1 Å². The van der Waals surface area contributed by atoms with Crippen LogP contribution in [0.25, 0.3) is 0 Å². The number of allylic oxidation sites excluding steroid dienone is 1. The highest BCUT2D eigenvalue weighted by atomic mass is 79.9. The van der Waals surface area contributed by atoms with Crippen molar-refractivity contribution in [2.24, 2.45) is 0 Å². The number of aromatic nitrogens is 3. The number of hydrogen-bond donors (Lipinski definition) is 1. The molecule has 1 amide bonds. The lowest BCUT2D eigenvalue weighted by Crippen LogP contribution is -2.16. The summed E-state index contributed by atoms with van der Waals surface area (Å²) in [5, 5.41) is 12.2. The quantitative estimate of drug-likeness (QED) is 0.266. The van der Waals surface area contributed by atoms with Crippen molar-refractivity contribution in [3.63, 3.8) is 0 Å². The van der Waals surface area contributed by atoms with Gasteiger partial charge in [0, 0.05) is 16.7 Å². The van der Waals surface area contributed by atoms with Crippen LogP contribution in [-0.4, -0.2) is 26.4 Å². The molecule has 0 radical (unpaired) electrons. The van der Waals surface area contributed by atoms with Gasteiger partial charge in [-0.3, -0.25) is 9.36 Å². The van der Waals surface area contributed by atoms with Crippen LogP contribution in [0, 0.1) is 6.92 Å². The number of carbonyl (C=O) groups excluding carboxylic acids is 1. The summed E-state index contributed by atoms with van der Waals surface area (Å²) in [5.41, 5.74) is 3.04. The Labute approximate surface area is 201 Å². The Morgan fingerprint density at radius 1 is 1.28 bits per heavy atom. The summed E-state index contributed by atoms with van der Waals surface area (Å²) in [6, 6.07) is 13.7. The first-order valence-electron chi connectivity index (χ1n) is 10.3. The number of benzene rings is 2. The molecule has 8 heteroatoms. The van der Waals surface area contributed by atoms with Crippen molar-refractivity contribution in [1.82, 2.24) is 14.8 Å². The normalized spacial score (nSPS) is 10.9. The number of ether oxygens (including phenoxy) is 1. The first-order valence-corrected chi connectivity index (χ1v) is 12.1. The average molecular weight is 515 g/mol. The average Bonchev–Trinajstić information content (AvgIpc) is 3.14. The van der Waals surface area contributed by atoms with E-state index in [-0.39, 0.29) is 18.3 Å². The smallest absolute Gasteiger partial charge is 0.234 e. The zero-order valence-electron chi connectivity index (χ0n) is 18.5. The number of halogens is 1. The highest BCUT2D eigenvalue weighted by Gasteiger charge is 2.15. The number of rotatable bonds is 10. The Balaban J connectivity index is 1.64. The fraction of sp³-hybridized carbons (Fsp3) is 0.292. The SMILES string of the molecule is C=CCn1c(COc2cccc(C)c2)nnc1SCC(=O)Nc1ccc(Br)cc1C(C)C. The van der Waals surface area contributed by atoms with Crippen molar-refractivity contribution in [1.29, 1.82) is 0 Å². The second kappa shape index (κ2) is 11.3. The lowest BCUT2D eigenvalue weighted by molar-refractivity contribution is -0.113. The molecule has 1 N–H and O–H groups in total. The number of hydrogen-bond acceptors (Lipinski definition) is 5. The predicted octanol–water partition coefficient (Wildman–Crippen LogP) is 5.97. The zero-order chi connectivity index (χ0) is 23.1. The molecule has 3 aromatic rings. The minimum Gasteiger partial charge on any atom is -0.486 e. The Kier molecular flexibility index (Phi) is 8.53. The molecule has 3 rings (SSSR count). The van der Waals surface area contributed by atoms with Crippen molar-refractivity contribution in [2.45, 2.75) is 45.0 Å². The van der Waals surface area contributed by atoms with Crippen LogP contribution in [0.3, 0.4) is 0 Å². The molecule has 0 bridgehead atoms. The van der Waals surface area contributed by atoms with E-state index in [4.69, 9.17) is 4.74 Å². The van der Waals surface area contributed by atoms with Gasteiger partial charge in [-0.1, -0.05) is 59.7 Å². The van der Waals surface area contributed by atoms with E-state index in [1.54, 1.807) is 6.08 Å². The first-order chi connectivity index (χ1) is 15.4. The molecule has 168 valence electrons. The molecule has 0 aliphatic carbocycles. The van der Waals surface area contributed by atoms with Crippen LogP contribution in [0.1, 0.15) is 36.7 Å². The van der Waals surface area contributed by atoms with E-state index in [9.17, 15) is 4.79 Å². The minimum atomic E-state index is -0.0927. The van der Waals surface area contributed by atoms with Gasteiger partial charge in [0.25, 0.3) is 0 Å². The number of thioether (sulfide) groups is 1. The van der Waals surface area contributed by atoms with Crippen LogP contribution in [-0.2, 0) is 17.9 Å². The Hall–Kier alpha value is -2.58. The maximum atomic E-state index is 12.6. The van der Waals surface area contributed by atoms with Crippen molar-refractivity contribution in [2.75, 3.05) is 11.1 Å². The number of aryl methyl sites for hydroxylation is 1. The molecule has 1 heterocycles. The third kappa shape index (κ3) is 6.46. The molecule has 0 spiro atoms. The molecule has 0 atom stereocenters. The molecule has 6 nitrogen and oxygen atoms in total. The first kappa shape index (κ1) is 24.1. The topological polar surface area (TPSA) is 69.0 Å². The van der Waals surface area contributed by atoms with Crippen LogP contribution in [0.4, 0.5) is 5.69 Å². The highest BCUT2D eigenvalue weighted by molar-refractivity contribution is 9.10. The highest BCUT2D eigenvalue weighted by Crippen LogP contribution is 2.28. The zero-order valence-corrected chi connectivity index (χ0v) is 20.9. The summed E-state index contributed by atoms with van der Waals surface area (Å²) in [7, 11) is 0. The third-order valence-corrected chi connectivity index (χ3v) is 6.16. The number of anilines is 1. The number of nitrogens with zero attached hydrogens (tertiary/aromatic N) is 3. The predicted molar refractivity (Wildman–Crippen MR) is 133 cm³/mol. The molecule has 0 aliphatic heterocycles. The molecule has 0 saturated heterocycles. The van der Waals surface area contributed by atoms with Gasteiger partial charge in [-0.05, 0) is 54.3 Å². The fourth-order valence-electron chi connectivity index (χ4n) is 3.14. The van der Waals surface area contributed by atoms with E-state index in [0.29, 0.717) is 23.4 Å². The van der Waals surface area contributed by atoms with Crippen LogP contribution < -0.4 is 10.1 Å². The van der Waals surface area contributed by atoms with E-state index >= 15 is 0 Å². The monoisotopic (exact) mass is 514 g/mol. The molecule has 32 heavy (non-hydrogen) atoms. The summed E-state index contributed by atoms with van der Waals surface area (Å²) in [6.07, 6.45) is 1.78. The second-order valence-electron chi connectivity index (χ2n) is 7.63. The summed E-state index contributed by atoms with van der Waals surface area (Å²) in [6.45, 7) is 10.9. The van der Waals surface area contributed by atoms with Crippen LogP contribution in [0.2, 0.25) is 0 Å². The number of carbonyl (C=O) groups is 1. The van der Waals surface area contributed by atoms with Gasteiger partial charge in [-0.15, -0.1) is 16.8 Å². The molecule has 1 aromatic heterocycles. The second-order valence-corrected chi connectivity index (χ2v) is 9.48. The van der Waals surface area contributed by atoms with E-state index in [2.05, 4.69) is 51.9 Å². The molecule has 0 unspecified atom stereocenters. The Morgan fingerprint density at radius 2 is 2.09 bits per heavy atom. The molecule has 2 aromatic carbocycles. The number of nitrogens with one attached hydrogen (secondary N) is 1. The largest absolute Gasteiger partial charge is 0.486 e. The summed E-state index contributed by atoms with van der Waals surface area (Å²) in [5.74, 6) is 1.89. The van der Waals surface area contributed by atoms with Gasteiger partial charge in [0.15, 0.2) is 11.0 Å². The number of amides is 1. The summed E-state index contributed by atoms with van der Waals surface area (Å²) < 4.78 is 8.78. The Morgan fingerprint density at radius 3 is 2.81 bits per heavy atom. The molecule has 0 saturated carbocycles. The van der Waals surface area contributed by atoms with Gasteiger partial charge in [-0.2, -0.15) is 0 Å². The van der Waals surface area contributed by atoms with Gasteiger partial charge in [0.2, 0.25) is 5.91 Å². The maximum Gasteiger partial charge on any atom is 0.234 e. The standard InChI is InChI=1S/C24H27BrN4O2S/c1-5-11-29-22(14-31-19-8-6-7-17(4)12-19)27-28-24(29)32-15-23(30)26-21-10-9-18(25)13-20(21)16(2)3/h5-10,12-13,16H,1,11,14-15H2,2-4H3,(H,26,30). The van der Waals surface area contributed by atoms with E-state index in [1.165, 1.54) is 11.8 Å². The summed E-state index contributed by atoms with van der Waals surface area (Å²) >= 11 is 4.84. The lowest BCUT2D eigenvalue weighted by atomic mass is 10.0. The maximum absolute atomic E-state index is 12.6. The molecular formula is C24H27BrN4O2S. The van der Waals surface area contributed by atoms with Crippen molar-refractivity contribution < 1.29 is 9.53 Å². The molecule has 0 aliphatic rings. The van der Waals surface area contributed by atoms with Crippen molar-refractivity contribution in [3.8, 4) is 5.75 Å². The summed E-state index contributed by atoms with van der Waals surface area (Å²) in [4.78, 5) is 12.6. The lowest BCUT2D eigenvalue weighted by Gasteiger charge is -2.14. The van der Waals surface area contributed by atoms with Gasteiger partial charge in [-0.25, -0.2) is 0 Å². The minimum absolute atomic E-state index is 0.0927. The van der Waals surface area contributed by atoms with Crippen LogP contribution in [0.5, 0.6) is 5.75 Å². The van der Waals surface area contributed by atoms with Crippen molar-refractivity contribution in [3.05, 3.63) is 76.5 Å². The van der Waals surface area contributed by atoms with E-state index in [1.807, 2.05) is 54.0 Å².